The number of aryl methyl sites for hydroxylation is 1. The third kappa shape index (κ3) is 3.47. The van der Waals surface area contributed by atoms with E-state index in [0.29, 0.717) is 12.1 Å². The number of nitrogens with zero attached hydrogens (tertiary/aromatic N) is 2. The average molecular weight is 261 g/mol. The van der Waals surface area contributed by atoms with Gasteiger partial charge in [0.15, 0.2) is 0 Å². The molecule has 3 nitrogen and oxygen atoms in total. The fourth-order valence-corrected chi connectivity index (χ4v) is 2.94. The van der Waals surface area contributed by atoms with Crippen LogP contribution in [0.25, 0.3) is 0 Å². The molecule has 19 heavy (non-hydrogen) atoms. The average Bonchev–Trinajstić information content (AvgIpc) is 2.66. The molecule has 1 N–H and O–H groups in total. The Morgan fingerprint density at radius 3 is 2.68 bits per heavy atom. The molecule has 106 valence electrons. The number of rotatable bonds is 4. The highest BCUT2D eigenvalue weighted by Crippen LogP contribution is 2.29. The third-order valence-corrected chi connectivity index (χ3v) is 3.88. The van der Waals surface area contributed by atoms with Crippen LogP contribution in [-0.4, -0.2) is 23.6 Å². The zero-order chi connectivity index (χ0) is 14.0. The third-order valence-electron chi connectivity index (χ3n) is 3.88. The molecule has 0 amide bonds. The van der Waals surface area contributed by atoms with Crippen molar-refractivity contribution in [1.29, 1.82) is 0 Å². The van der Waals surface area contributed by atoms with Gasteiger partial charge in [-0.1, -0.05) is 20.8 Å². The first-order chi connectivity index (χ1) is 8.97. The standard InChI is InChI=1S/C16H27N3/c1-11(2)17-8-15-7-13(4)16(18-9-15)19-10-12(3)6-14(19)5/h7,9,11-12,14,17H,6,8,10H2,1-5H3. The first-order valence-electron chi connectivity index (χ1n) is 7.43. The van der Waals surface area contributed by atoms with E-state index in [0.717, 1.165) is 19.0 Å². The first-order valence-corrected chi connectivity index (χ1v) is 7.43. The Bertz CT molecular complexity index is 428. The Balaban J connectivity index is 2.11. The first kappa shape index (κ1) is 14.3. The smallest absolute Gasteiger partial charge is 0.131 e. The second-order valence-corrected chi connectivity index (χ2v) is 6.36. The quantitative estimate of drug-likeness (QED) is 0.902. The van der Waals surface area contributed by atoms with Crippen molar-refractivity contribution in [2.45, 2.75) is 59.7 Å². The molecule has 1 aliphatic rings. The molecule has 1 aromatic heterocycles. The monoisotopic (exact) mass is 261 g/mol. The molecule has 0 aliphatic carbocycles. The second-order valence-electron chi connectivity index (χ2n) is 6.36. The molecule has 0 radical (unpaired) electrons. The molecule has 0 aromatic carbocycles. The zero-order valence-electron chi connectivity index (χ0n) is 12.9. The molecule has 1 aromatic rings. The topological polar surface area (TPSA) is 28.2 Å². The van der Waals surface area contributed by atoms with E-state index in [9.17, 15) is 0 Å². The van der Waals surface area contributed by atoms with Crippen LogP contribution < -0.4 is 10.2 Å². The van der Waals surface area contributed by atoms with Crippen molar-refractivity contribution in [3.8, 4) is 0 Å². The van der Waals surface area contributed by atoms with Gasteiger partial charge >= 0.3 is 0 Å². The molecule has 2 heterocycles. The zero-order valence-corrected chi connectivity index (χ0v) is 12.9. The van der Waals surface area contributed by atoms with E-state index < -0.39 is 0 Å². The predicted octanol–water partition coefficient (Wildman–Crippen LogP) is 3.12. The summed E-state index contributed by atoms with van der Waals surface area (Å²) in [7, 11) is 0. The Kier molecular flexibility index (Phi) is 4.46. The van der Waals surface area contributed by atoms with Gasteiger partial charge in [-0.25, -0.2) is 4.98 Å². The molecule has 2 rings (SSSR count). The largest absolute Gasteiger partial charge is 0.353 e. The summed E-state index contributed by atoms with van der Waals surface area (Å²) in [6, 6.07) is 3.40. The maximum Gasteiger partial charge on any atom is 0.131 e. The number of hydrogen-bond donors (Lipinski definition) is 1. The molecule has 0 bridgehead atoms. The van der Waals surface area contributed by atoms with E-state index in [4.69, 9.17) is 4.98 Å². The van der Waals surface area contributed by atoms with E-state index in [1.165, 1.54) is 23.4 Å². The molecule has 2 atom stereocenters. The molecule has 1 aliphatic heterocycles. The van der Waals surface area contributed by atoms with Crippen LogP contribution in [0.5, 0.6) is 0 Å². The normalized spacial score (nSPS) is 23.4. The summed E-state index contributed by atoms with van der Waals surface area (Å²) in [5.74, 6) is 1.95. The van der Waals surface area contributed by atoms with Crippen LogP contribution in [0.1, 0.15) is 45.2 Å². The van der Waals surface area contributed by atoms with Gasteiger partial charge in [-0.3, -0.25) is 0 Å². The molecule has 1 saturated heterocycles. The van der Waals surface area contributed by atoms with Gasteiger partial charge in [0, 0.05) is 31.4 Å². The molecule has 3 heteroatoms. The van der Waals surface area contributed by atoms with Crippen LogP contribution in [-0.2, 0) is 6.54 Å². The molecular weight excluding hydrogens is 234 g/mol. The molecule has 2 unspecified atom stereocenters. The maximum atomic E-state index is 4.71. The van der Waals surface area contributed by atoms with Crippen molar-refractivity contribution in [3.63, 3.8) is 0 Å². The van der Waals surface area contributed by atoms with Crippen molar-refractivity contribution in [3.05, 3.63) is 23.4 Å². The summed E-state index contributed by atoms with van der Waals surface area (Å²) >= 11 is 0. The fraction of sp³-hybridized carbons (Fsp3) is 0.688. The van der Waals surface area contributed by atoms with Crippen LogP contribution in [0.2, 0.25) is 0 Å². The van der Waals surface area contributed by atoms with Gasteiger partial charge in [0.2, 0.25) is 0 Å². The van der Waals surface area contributed by atoms with Crippen LogP contribution >= 0.6 is 0 Å². The molecule has 1 fully saturated rings. The lowest BCUT2D eigenvalue weighted by Gasteiger charge is -2.24. The number of aromatic nitrogens is 1. The van der Waals surface area contributed by atoms with E-state index in [1.807, 2.05) is 6.20 Å². The van der Waals surface area contributed by atoms with Gasteiger partial charge in [-0.15, -0.1) is 0 Å². The summed E-state index contributed by atoms with van der Waals surface area (Å²) in [5, 5.41) is 3.44. The van der Waals surface area contributed by atoms with E-state index in [1.54, 1.807) is 0 Å². The molecule has 0 saturated carbocycles. The Hall–Kier alpha value is -1.09. The van der Waals surface area contributed by atoms with Crippen molar-refractivity contribution >= 4 is 5.82 Å². The van der Waals surface area contributed by atoms with Gasteiger partial charge < -0.3 is 10.2 Å². The highest BCUT2D eigenvalue weighted by atomic mass is 15.2. The molecule has 0 spiro atoms. The summed E-state index contributed by atoms with van der Waals surface area (Å²) in [5.41, 5.74) is 2.57. The van der Waals surface area contributed by atoms with E-state index >= 15 is 0 Å². The van der Waals surface area contributed by atoms with Gasteiger partial charge in [-0.05, 0) is 43.4 Å². The van der Waals surface area contributed by atoms with E-state index in [2.05, 4.69) is 50.9 Å². The maximum absolute atomic E-state index is 4.71. The minimum Gasteiger partial charge on any atom is -0.353 e. The van der Waals surface area contributed by atoms with Crippen molar-refractivity contribution in [1.82, 2.24) is 10.3 Å². The highest BCUT2D eigenvalue weighted by molar-refractivity contribution is 5.49. The van der Waals surface area contributed by atoms with Gasteiger partial charge in [-0.2, -0.15) is 0 Å². The summed E-state index contributed by atoms with van der Waals surface area (Å²) in [6.07, 6.45) is 3.30. The lowest BCUT2D eigenvalue weighted by Crippen LogP contribution is -2.28. The number of pyridine rings is 1. The van der Waals surface area contributed by atoms with Crippen LogP contribution in [0.3, 0.4) is 0 Å². The van der Waals surface area contributed by atoms with Crippen LogP contribution in [0.4, 0.5) is 5.82 Å². The summed E-state index contributed by atoms with van der Waals surface area (Å²) < 4.78 is 0. The second kappa shape index (κ2) is 5.91. The SMILES string of the molecule is Cc1cc(CNC(C)C)cnc1N1CC(C)CC1C. The number of hydrogen-bond acceptors (Lipinski definition) is 3. The van der Waals surface area contributed by atoms with Gasteiger partial charge in [0.05, 0.1) is 0 Å². The van der Waals surface area contributed by atoms with Crippen LogP contribution in [0, 0.1) is 12.8 Å². The predicted molar refractivity (Wildman–Crippen MR) is 81.5 cm³/mol. The lowest BCUT2D eigenvalue weighted by atomic mass is 10.1. The summed E-state index contributed by atoms with van der Waals surface area (Å²) in [4.78, 5) is 7.17. The minimum atomic E-state index is 0.513. The highest BCUT2D eigenvalue weighted by Gasteiger charge is 2.27. The Labute approximate surface area is 117 Å². The van der Waals surface area contributed by atoms with Crippen LogP contribution in [0.15, 0.2) is 12.3 Å². The lowest BCUT2D eigenvalue weighted by molar-refractivity contribution is 0.587. The van der Waals surface area contributed by atoms with Crippen molar-refractivity contribution in [2.75, 3.05) is 11.4 Å². The molecular formula is C16H27N3. The Morgan fingerprint density at radius 1 is 1.42 bits per heavy atom. The Morgan fingerprint density at radius 2 is 2.16 bits per heavy atom. The van der Waals surface area contributed by atoms with Crippen molar-refractivity contribution in [2.24, 2.45) is 5.92 Å². The van der Waals surface area contributed by atoms with Gasteiger partial charge in [0.1, 0.15) is 5.82 Å². The minimum absolute atomic E-state index is 0.513. The van der Waals surface area contributed by atoms with Gasteiger partial charge in [0.25, 0.3) is 0 Å². The number of nitrogens with one attached hydrogen (secondary N) is 1. The van der Waals surface area contributed by atoms with Crippen molar-refractivity contribution < 1.29 is 0 Å². The number of anilines is 1. The fourth-order valence-electron chi connectivity index (χ4n) is 2.94. The summed E-state index contributed by atoms with van der Waals surface area (Å²) in [6.45, 7) is 13.2. The van der Waals surface area contributed by atoms with E-state index in [-0.39, 0.29) is 0 Å².